The molecule has 0 radical (unpaired) electrons. The van der Waals surface area contributed by atoms with E-state index in [1.165, 1.54) is 6.39 Å². The highest BCUT2D eigenvalue weighted by atomic mass is 28.3. The Balaban J connectivity index is 1.65. The van der Waals surface area contributed by atoms with Gasteiger partial charge in [-0.3, -0.25) is 9.78 Å². The maximum Gasteiger partial charge on any atom is 0.276 e. The first-order valence-electron chi connectivity index (χ1n) is 10.1. The van der Waals surface area contributed by atoms with Crippen LogP contribution in [0.5, 0.6) is 0 Å². The van der Waals surface area contributed by atoms with Crippen LogP contribution >= 0.6 is 0 Å². The number of pyridine rings is 1. The highest BCUT2D eigenvalue weighted by Gasteiger charge is 2.19. The van der Waals surface area contributed by atoms with Crippen molar-refractivity contribution in [3.05, 3.63) is 61.0 Å². The van der Waals surface area contributed by atoms with Gasteiger partial charge in [0.2, 0.25) is 0 Å². The molecule has 0 aliphatic carbocycles. The summed E-state index contributed by atoms with van der Waals surface area (Å²) in [5.41, 5.74) is 2.61. The molecule has 0 aliphatic heterocycles. The first-order valence-corrected chi connectivity index (χ1v) is 13.8. The first kappa shape index (κ1) is 20.9. The molecule has 1 aromatic carbocycles. The van der Waals surface area contributed by atoms with Crippen molar-refractivity contribution >= 4 is 30.6 Å². The van der Waals surface area contributed by atoms with E-state index >= 15 is 0 Å². The van der Waals surface area contributed by atoms with E-state index < -0.39 is 8.07 Å². The number of hydrogen-bond acceptors (Lipinski definition) is 6. The van der Waals surface area contributed by atoms with Gasteiger partial charge in [0.15, 0.2) is 17.8 Å². The van der Waals surface area contributed by atoms with Crippen LogP contribution in [0.1, 0.15) is 10.5 Å². The Morgan fingerprint density at radius 1 is 1.16 bits per heavy atom. The molecule has 0 spiro atoms. The predicted molar refractivity (Wildman–Crippen MR) is 122 cm³/mol. The van der Waals surface area contributed by atoms with E-state index in [-0.39, 0.29) is 12.6 Å². The lowest BCUT2D eigenvalue weighted by molar-refractivity contribution is 0.0809. The topological polar surface area (TPSA) is 95.1 Å². The van der Waals surface area contributed by atoms with Crippen LogP contribution in [0, 0.1) is 0 Å². The maximum absolute atomic E-state index is 13.0. The third kappa shape index (κ3) is 5.07. The van der Waals surface area contributed by atoms with E-state index in [1.807, 2.05) is 18.2 Å². The van der Waals surface area contributed by atoms with E-state index in [0.29, 0.717) is 29.1 Å². The van der Waals surface area contributed by atoms with Crippen LogP contribution in [0.25, 0.3) is 22.2 Å². The smallest absolute Gasteiger partial charge is 0.276 e. The number of aromatic nitrogens is 4. The lowest BCUT2D eigenvalue weighted by atomic mass is 10.1. The molecular formula is C22H25N5O3Si. The zero-order valence-corrected chi connectivity index (χ0v) is 18.8. The summed E-state index contributed by atoms with van der Waals surface area (Å²) in [4.78, 5) is 21.0. The summed E-state index contributed by atoms with van der Waals surface area (Å²) >= 11 is 0. The van der Waals surface area contributed by atoms with Gasteiger partial charge in [-0.15, -0.1) is 0 Å². The third-order valence-corrected chi connectivity index (χ3v) is 6.53. The normalized spacial score (nSPS) is 11.7. The molecule has 4 rings (SSSR count). The molecule has 0 aliphatic rings. The SMILES string of the molecule is C[Si](C)(C)CCOCn1nc(C(=O)Nc2ccncc2)c2cc(-c3cnco3)ccc21. The molecule has 4 aromatic rings. The number of rotatable bonds is 8. The Labute approximate surface area is 181 Å². The van der Waals surface area contributed by atoms with Crippen LogP contribution in [0.15, 0.2) is 59.7 Å². The number of oxazole rings is 1. The Kier molecular flexibility index (Phi) is 5.96. The summed E-state index contributed by atoms with van der Waals surface area (Å²) in [5.74, 6) is 0.327. The van der Waals surface area contributed by atoms with Crippen LogP contribution in [0.2, 0.25) is 25.7 Å². The molecule has 0 atom stereocenters. The van der Waals surface area contributed by atoms with Gasteiger partial charge >= 0.3 is 0 Å². The Hall–Kier alpha value is -3.30. The average molecular weight is 436 g/mol. The van der Waals surface area contributed by atoms with Gasteiger partial charge in [0.05, 0.1) is 11.7 Å². The van der Waals surface area contributed by atoms with Crippen molar-refractivity contribution < 1.29 is 13.9 Å². The van der Waals surface area contributed by atoms with Gasteiger partial charge in [0.1, 0.15) is 6.73 Å². The molecule has 3 heterocycles. The molecule has 9 heteroatoms. The van der Waals surface area contributed by atoms with Gasteiger partial charge in [-0.2, -0.15) is 5.10 Å². The molecule has 3 aromatic heterocycles. The van der Waals surface area contributed by atoms with E-state index in [0.717, 1.165) is 17.1 Å². The fourth-order valence-electron chi connectivity index (χ4n) is 3.11. The summed E-state index contributed by atoms with van der Waals surface area (Å²) in [5, 5.41) is 8.17. The Bertz CT molecular complexity index is 1170. The molecule has 0 saturated carbocycles. The maximum atomic E-state index is 13.0. The van der Waals surface area contributed by atoms with Gasteiger partial charge < -0.3 is 14.5 Å². The predicted octanol–water partition coefficient (Wildman–Crippen LogP) is 4.65. The van der Waals surface area contributed by atoms with Crippen LogP contribution in [0.3, 0.4) is 0 Å². The number of carbonyl (C=O) groups is 1. The van der Waals surface area contributed by atoms with Gasteiger partial charge in [0.25, 0.3) is 5.91 Å². The fraction of sp³-hybridized carbons (Fsp3) is 0.273. The van der Waals surface area contributed by atoms with Gasteiger partial charge in [-0.1, -0.05) is 19.6 Å². The number of carbonyl (C=O) groups excluding carboxylic acids is 1. The number of nitrogens with zero attached hydrogens (tertiary/aromatic N) is 4. The van der Waals surface area contributed by atoms with E-state index in [1.54, 1.807) is 35.4 Å². The zero-order valence-electron chi connectivity index (χ0n) is 17.8. The van der Waals surface area contributed by atoms with Crippen LogP contribution in [0.4, 0.5) is 5.69 Å². The summed E-state index contributed by atoms with van der Waals surface area (Å²) in [6, 6.07) is 10.3. The summed E-state index contributed by atoms with van der Waals surface area (Å²) in [6.07, 6.45) is 6.27. The number of anilines is 1. The quantitative estimate of drug-likeness (QED) is 0.320. The van der Waals surface area contributed by atoms with E-state index in [4.69, 9.17) is 9.15 Å². The van der Waals surface area contributed by atoms with Crippen LogP contribution in [-0.2, 0) is 11.5 Å². The number of ether oxygens (including phenoxy) is 1. The first-order chi connectivity index (χ1) is 14.9. The second kappa shape index (κ2) is 8.82. The van der Waals surface area contributed by atoms with Gasteiger partial charge in [-0.05, 0) is 36.4 Å². The molecule has 1 amide bonds. The lowest BCUT2D eigenvalue weighted by Gasteiger charge is -2.15. The average Bonchev–Trinajstić information content (AvgIpc) is 3.39. The summed E-state index contributed by atoms with van der Waals surface area (Å²) < 4.78 is 13.0. The number of amides is 1. The Morgan fingerprint density at radius 2 is 1.97 bits per heavy atom. The molecule has 0 bridgehead atoms. The van der Waals surface area contributed by atoms with Crippen molar-refractivity contribution in [1.82, 2.24) is 19.7 Å². The molecule has 0 fully saturated rings. The van der Waals surface area contributed by atoms with Crippen molar-refractivity contribution in [2.75, 3.05) is 11.9 Å². The molecule has 8 nitrogen and oxygen atoms in total. The molecule has 31 heavy (non-hydrogen) atoms. The van der Waals surface area contributed by atoms with Crippen LogP contribution in [-0.4, -0.2) is 40.3 Å². The van der Waals surface area contributed by atoms with Crippen LogP contribution < -0.4 is 5.32 Å². The second-order valence-corrected chi connectivity index (χ2v) is 14.1. The van der Waals surface area contributed by atoms with Gasteiger partial charge in [0, 0.05) is 43.7 Å². The zero-order chi connectivity index (χ0) is 21.8. The molecule has 1 N–H and O–H groups in total. The lowest BCUT2D eigenvalue weighted by Crippen LogP contribution is -2.22. The van der Waals surface area contributed by atoms with Crippen molar-refractivity contribution in [3.8, 4) is 11.3 Å². The highest BCUT2D eigenvalue weighted by molar-refractivity contribution is 6.76. The van der Waals surface area contributed by atoms with E-state index in [9.17, 15) is 4.79 Å². The molecular weight excluding hydrogens is 410 g/mol. The number of fused-ring (bicyclic) bond motifs is 1. The molecule has 0 saturated heterocycles. The minimum absolute atomic E-state index is 0.283. The van der Waals surface area contributed by atoms with Crippen molar-refractivity contribution in [1.29, 1.82) is 0 Å². The second-order valence-electron chi connectivity index (χ2n) is 8.48. The van der Waals surface area contributed by atoms with Crippen molar-refractivity contribution in [3.63, 3.8) is 0 Å². The Morgan fingerprint density at radius 3 is 2.68 bits per heavy atom. The number of benzene rings is 1. The standard InChI is InChI=1S/C22H25N5O3Si/c1-31(2,3)11-10-29-15-27-19-5-4-16(20-13-24-14-30-20)12-18(19)21(26-27)22(28)25-17-6-8-23-9-7-17/h4-9,12-14H,10-11,15H2,1-3H3,(H,23,25,28). The third-order valence-electron chi connectivity index (χ3n) is 4.83. The number of nitrogens with one attached hydrogen (secondary N) is 1. The minimum atomic E-state index is -1.18. The minimum Gasteiger partial charge on any atom is -0.444 e. The van der Waals surface area contributed by atoms with Crippen molar-refractivity contribution in [2.24, 2.45) is 0 Å². The molecule has 160 valence electrons. The number of hydrogen-bond donors (Lipinski definition) is 1. The van der Waals surface area contributed by atoms with Crippen molar-refractivity contribution in [2.45, 2.75) is 32.4 Å². The fourth-order valence-corrected chi connectivity index (χ4v) is 3.87. The monoisotopic (exact) mass is 435 g/mol. The van der Waals surface area contributed by atoms with E-state index in [2.05, 4.69) is 40.0 Å². The largest absolute Gasteiger partial charge is 0.444 e. The van der Waals surface area contributed by atoms with Gasteiger partial charge in [-0.25, -0.2) is 9.67 Å². The summed E-state index contributed by atoms with van der Waals surface area (Å²) in [7, 11) is -1.18. The summed E-state index contributed by atoms with van der Waals surface area (Å²) in [6.45, 7) is 7.89. The highest BCUT2D eigenvalue weighted by Crippen LogP contribution is 2.27. The molecule has 0 unspecified atom stereocenters.